The van der Waals surface area contributed by atoms with Gasteiger partial charge in [-0.05, 0) is 79.8 Å². The van der Waals surface area contributed by atoms with Crippen molar-refractivity contribution in [2.45, 2.75) is 39.2 Å². The van der Waals surface area contributed by atoms with Crippen molar-refractivity contribution in [1.29, 1.82) is 0 Å². The van der Waals surface area contributed by atoms with Crippen LogP contribution in [0.15, 0.2) is 50.4 Å². The maximum Gasteiger partial charge on any atom is 0.244 e. The molecule has 7 heteroatoms. The molecule has 2 aromatic carbocycles. The number of ether oxygens (including phenoxy) is 1. The van der Waals surface area contributed by atoms with Crippen molar-refractivity contribution in [3.05, 3.63) is 61.5 Å². The molecule has 0 radical (unpaired) electrons. The summed E-state index contributed by atoms with van der Waals surface area (Å²) in [5.41, 5.74) is 4.68. The zero-order valence-corrected chi connectivity index (χ0v) is 20.6. The standard InChI is InChI=1S/C23H23Br2ClN2O2/c1-23-9-5-4-7-16(23)20(23)22(29)28-27-12-14-10-17(24)21(18(25)11-14)30-13-15-6-2-3-8-19(15)26/h2-3,6,8,10-12,16,20H,4-5,7,9,13H2,1H3,(H,28,29)/b27-12-/t16-,20-,23-/m1/s1. The first kappa shape index (κ1) is 21.8. The van der Waals surface area contributed by atoms with Crippen molar-refractivity contribution in [3.63, 3.8) is 0 Å². The Hall–Kier alpha value is -1.37. The predicted octanol–water partition coefficient (Wildman–Crippen LogP) is 6.72. The van der Waals surface area contributed by atoms with Gasteiger partial charge >= 0.3 is 0 Å². The molecule has 1 N–H and O–H groups in total. The molecule has 1 amide bonds. The first-order valence-corrected chi connectivity index (χ1v) is 12.0. The van der Waals surface area contributed by atoms with Gasteiger partial charge in [-0.3, -0.25) is 4.79 Å². The zero-order valence-electron chi connectivity index (χ0n) is 16.6. The van der Waals surface area contributed by atoms with E-state index in [-0.39, 0.29) is 17.2 Å². The van der Waals surface area contributed by atoms with Gasteiger partial charge in [-0.2, -0.15) is 5.10 Å². The van der Waals surface area contributed by atoms with Gasteiger partial charge in [0.05, 0.1) is 15.2 Å². The fraction of sp³-hybridized carbons (Fsp3) is 0.391. The normalized spacial score (nSPS) is 25.1. The molecule has 30 heavy (non-hydrogen) atoms. The van der Waals surface area contributed by atoms with Crippen LogP contribution in [-0.4, -0.2) is 12.1 Å². The Kier molecular flexibility index (Phi) is 6.56. The van der Waals surface area contributed by atoms with Crippen LogP contribution >= 0.6 is 43.5 Å². The fourth-order valence-corrected chi connectivity index (χ4v) is 6.29. The Morgan fingerprint density at radius 3 is 2.70 bits per heavy atom. The van der Waals surface area contributed by atoms with Crippen LogP contribution in [0.1, 0.15) is 43.7 Å². The summed E-state index contributed by atoms with van der Waals surface area (Å²) in [6, 6.07) is 11.4. The van der Waals surface area contributed by atoms with Gasteiger partial charge in [0.25, 0.3) is 0 Å². The monoisotopic (exact) mass is 552 g/mol. The van der Waals surface area contributed by atoms with E-state index in [1.165, 1.54) is 12.8 Å². The third-order valence-corrected chi connectivity index (χ3v) is 7.90. The van der Waals surface area contributed by atoms with E-state index in [1.54, 1.807) is 6.21 Å². The summed E-state index contributed by atoms with van der Waals surface area (Å²) < 4.78 is 7.52. The van der Waals surface area contributed by atoms with Gasteiger partial charge in [-0.25, -0.2) is 5.43 Å². The Balaban J connectivity index is 1.37. The van der Waals surface area contributed by atoms with Crippen LogP contribution in [0.2, 0.25) is 5.02 Å². The molecule has 2 aliphatic carbocycles. The summed E-state index contributed by atoms with van der Waals surface area (Å²) >= 11 is 13.3. The highest BCUT2D eigenvalue weighted by Gasteiger charge is 2.64. The van der Waals surface area contributed by atoms with Crippen LogP contribution < -0.4 is 10.2 Å². The second-order valence-electron chi connectivity index (χ2n) is 8.26. The number of hydrogen-bond acceptors (Lipinski definition) is 3. The summed E-state index contributed by atoms with van der Waals surface area (Å²) in [5.74, 6) is 1.36. The van der Waals surface area contributed by atoms with Crippen molar-refractivity contribution in [3.8, 4) is 5.75 Å². The zero-order chi connectivity index (χ0) is 21.3. The highest BCUT2D eigenvalue weighted by atomic mass is 79.9. The number of nitrogens with one attached hydrogen (secondary N) is 1. The topological polar surface area (TPSA) is 50.7 Å². The number of carbonyl (C=O) groups excluding carboxylic acids is 1. The lowest BCUT2D eigenvalue weighted by Gasteiger charge is -2.15. The molecule has 2 fully saturated rings. The van der Waals surface area contributed by atoms with E-state index >= 15 is 0 Å². The van der Waals surface area contributed by atoms with Gasteiger partial charge < -0.3 is 4.74 Å². The number of benzene rings is 2. The molecule has 0 saturated heterocycles. The van der Waals surface area contributed by atoms with E-state index in [9.17, 15) is 4.79 Å². The molecule has 0 aromatic heterocycles. The number of hydrogen-bond donors (Lipinski definition) is 1. The fourth-order valence-electron chi connectivity index (χ4n) is 4.65. The molecule has 0 heterocycles. The van der Waals surface area contributed by atoms with E-state index in [1.807, 2.05) is 36.4 Å². The predicted molar refractivity (Wildman–Crippen MR) is 127 cm³/mol. The molecular weight excluding hydrogens is 532 g/mol. The summed E-state index contributed by atoms with van der Waals surface area (Å²) in [6.07, 6.45) is 6.43. The number of rotatable bonds is 6. The number of amides is 1. The number of fused-ring (bicyclic) bond motifs is 1. The van der Waals surface area contributed by atoms with Crippen molar-refractivity contribution < 1.29 is 9.53 Å². The van der Waals surface area contributed by atoms with Crippen LogP contribution in [0.4, 0.5) is 0 Å². The van der Waals surface area contributed by atoms with Crippen molar-refractivity contribution >= 4 is 55.6 Å². The van der Waals surface area contributed by atoms with Crippen molar-refractivity contribution in [2.24, 2.45) is 22.4 Å². The van der Waals surface area contributed by atoms with Gasteiger partial charge in [-0.15, -0.1) is 0 Å². The van der Waals surface area contributed by atoms with Crippen LogP contribution in [0, 0.1) is 17.3 Å². The summed E-state index contributed by atoms with van der Waals surface area (Å²) in [6.45, 7) is 2.60. The molecule has 4 nitrogen and oxygen atoms in total. The average molecular weight is 555 g/mol. The van der Waals surface area contributed by atoms with Gasteiger partial charge in [0.1, 0.15) is 12.4 Å². The number of carbonyl (C=O) groups is 1. The Bertz CT molecular complexity index is 974. The SMILES string of the molecule is C[C@@]12CCCC[C@@H]1[C@@H]2C(=O)N/N=C\c1cc(Br)c(OCc2ccccc2Cl)c(Br)c1. The Morgan fingerprint density at radius 1 is 1.30 bits per heavy atom. The average Bonchev–Trinajstić information content (AvgIpc) is 3.34. The van der Waals surface area contributed by atoms with Crippen molar-refractivity contribution in [1.82, 2.24) is 5.43 Å². The van der Waals surface area contributed by atoms with E-state index in [2.05, 4.69) is 49.3 Å². The summed E-state index contributed by atoms with van der Waals surface area (Å²) in [7, 11) is 0. The second kappa shape index (κ2) is 9.01. The van der Waals surface area contributed by atoms with Crippen LogP contribution in [0.25, 0.3) is 0 Å². The number of halogens is 3. The van der Waals surface area contributed by atoms with Gasteiger partial charge in [0, 0.05) is 16.5 Å². The molecular formula is C23H23Br2ClN2O2. The quantitative estimate of drug-likeness (QED) is 0.318. The largest absolute Gasteiger partial charge is 0.486 e. The first-order valence-electron chi connectivity index (χ1n) is 10.1. The maximum absolute atomic E-state index is 12.5. The first-order chi connectivity index (χ1) is 14.4. The Morgan fingerprint density at radius 2 is 2.03 bits per heavy atom. The number of nitrogens with zero attached hydrogens (tertiary/aromatic N) is 1. The molecule has 2 aliphatic rings. The molecule has 0 spiro atoms. The third kappa shape index (κ3) is 4.46. The minimum Gasteiger partial charge on any atom is -0.486 e. The highest BCUT2D eigenvalue weighted by Crippen LogP contribution is 2.66. The Labute approximate surface area is 198 Å². The molecule has 3 atom stereocenters. The van der Waals surface area contributed by atoms with E-state index < -0.39 is 0 Å². The molecule has 0 bridgehead atoms. The highest BCUT2D eigenvalue weighted by molar-refractivity contribution is 9.11. The van der Waals surface area contributed by atoms with Gasteiger partial charge in [0.2, 0.25) is 5.91 Å². The lowest BCUT2D eigenvalue weighted by Crippen LogP contribution is -2.22. The molecule has 0 aliphatic heterocycles. The van der Waals surface area contributed by atoms with E-state index in [4.69, 9.17) is 16.3 Å². The summed E-state index contributed by atoms with van der Waals surface area (Å²) in [4.78, 5) is 12.5. The molecule has 2 aromatic rings. The lowest BCUT2D eigenvalue weighted by atomic mass is 9.90. The maximum atomic E-state index is 12.5. The van der Waals surface area contributed by atoms with Crippen LogP contribution in [0.3, 0.4) is 0 Å². The molecule has 4 rings (SSSR count). The van der Waals surface area contributed by atoms with E-state index in [0.717, 1.165) is 32.9 Å². The van der Waals surface area contributed by atoms with Crippen LogP contribution in [0.5, 0.6) is 5.75 Å². The van der Waals surface area contributed by atoms with Gasteiger partial charge in [-0.1, -0.05) is 49.6 Å². The number of hydrazone groups is 1. The van der Waals surface area contributed by atoms with Crippen LogP contribution in [-0.2, 0) is 11.4 Å². The molecule has 158 valence electrons. The minimum atomic E-state index is 0.0403. The molecule has 2 saturated carbocycles. The lowest BCUT2D eigenvalue weighted by molar-refractivity contribution is -0.123. The summed E-state index contributed by atoms with van der Waals surface area (Å²) in [5, 5.41) is 4.86. The van der Waals surface area contributed by atoms with Crippen molar-refractivity contribution in [2.75, 3.05) is 0 Å². The third-order valence-electron chi connectivity index (χ3n) is 6.35. The smallest absolute Gasteiger partial charge is 0.244 e. The molecule has 0 unspecified atom stereocenters. The second-order valence-corrected chi connectivity index (χ2v) is 10.4. The minimum absolute atomic E-state index is 0.0403. The van der Waals surface area contributed by atoms with Gasteiger partial charge in [0.15, 0.2) is 0 Å². The van der Waals surface area contributed by atoms with E-state index in [0.29, 0.717) is 23.3 Å².